The third-order valence-electron chi connectivity index (χ3n) is 3.97. The molecule has 3 rings (SSSR count). The van der Waals surface area contributed by atoms with Gasteiger partial charge in [0.1, 0.15) is 11.6 Å². The number of piperazine rings is 1. The summed E-state index contributed by atoms with van der Waals surface area (Å²) in [6.45, 7) is 4.08. The molecule has 1 unspecified atom stereocenters. The predicted octanol–water partition coefficient (Wildman–Crippen LogP) is 1.45. The lowest BCUT2D eigenvalue weighted by Crippen LogP contribution is -2.54. The smallest absolute Gasteiger partial charge is 0.226 e. The van der Waals surface area contributed by atoms with E-state index in [2.05, 4.69) is 9.97 Å². The molecule has 1 atom stereocenters. The highest BCUT2D eigenvalue weighted by Crippen LogP contribution is 2.32. The van der Waals surface area contributed by atoms with Crippen LogP contribution in [0.15, 0.2) is 6.20 Å². The third kappa shape index (κ3) is 2.79. The topological polar surface area (TPSA) is 73.1 Å². The number of halogens is 1. The molecule has 0 spiro atoms. The molecule has 2 fully saturated rings. The fraction of sp³-hybridized carbons (Fsp3) is 0.571. The summed E-state index contributed by atoms with van der Waals surface area (Å²) in [4.78, 5) is 24.5. The summed E-state index contributed by atoms with van der Waals surface area (Å²) in [6.07, 6.45) is 3.50. The first-order chi connectivity index (χ1) is 10.1. The second kappa shape index (κ2) is 5.49. The SMILES string of the molecule is CC1CN(c2ncc(C#N)c(Cl)n2)CCN1C(=O)C1CC1. The fourth-order valence-corrected chi connectivity index (χ4v) is 2.78. The number of rotatable bonds is 2. The van der Waals surface area contributed by atoms with Gasteiger partial charge in [0, 0.05) is 31.6 Å². The van der Waals surface area contributed by atoms with Crippen molar-refractivity contribution in [3.63, 3.8) is 0 Å². The van der Waals surface area contributed by atoms with Gasteiger partial charge in [-0.25, -0.2) is 4.98 Å². The van der Waals surface area contributed by atoms with Crippen LogP contribution in [-0.4, -0.2) is 46.5 Å². The molecule has 0 aromatic carbocycles. The zero-order valence-electron chi connectivity index (χ0n) is 11.8. The lowest BCUT2D eigenvalue weighted by Gasteiger charge is -2.40. The van der Waals surface area contributed by atoms with E-state index in [4.69, 9.17) is 16.9 Å². The zero-order chi connectivity index (χ0) is 15.0. The number of hydrogen-bond donors (Lipinski definition) is 0. The van der Waals surface area contributed by atoms with Crippen LogP contribution in [-0.2, 0) is 4.79 Å². The number of nitrogens with zero attached hydrogens (tertiary/aromatic N) is 5. The Morgan fingerprint density at radius 1 is 1.48 bits per heavy atom. The van der Waals surface area contributed by atoms with Crippen molar-refractivity contribution in [1.82, 2.24) is 14.9 Å². The van der Waals surface area contributed by atoms with Crippen molar-refractivity contribution < 1.29 is 4.79 Å². The van der Waals surface area contributed by atoms with Crippen LogP contribution in [0, 0.1) is 17.2 Å². The average Bonchev–Trinajstić information content (AvgIpc) is 3.31. The first kappa shape index (κ1) is 14.1. The number of anilines is 1. The Morgan fingerprint density at radius 3 is 2.81 bits per heavy atom. The minimum Gasteiger partial charge on any atom is -0.337 e. The van der Waals surface area contributed by atoms with Gasteiger partial charge < -0.3 is 9.80 Å². The van der Waals surface area contributed by atoms with Crippen LogP contribution in [0.5, 0.6) is 0 Å². The van der Waals surface area contributed by atoms with Crippen molar-refractivity contribution in [2.24, 2.45) is 5.92 Å². The van der Waals surface area contributed by atoms with Crippen molar-refractivity contribution in [2.75, 3.05) is 24.5 Å². The van der Waals surface area contributed by atoms with Crippen molar-refractivity contribution in [3.8, 4) is 6.07 Å². The quantitative estimate of drug-likeness (QED) is 0.773. The molecule has 1 saturated carbocycles. The van der Waals surface area contributed by atoms with Crippen molar-refractivity contribution in [2.45, 2.75) is 25.8 Å². The minimum absolute atomic E-state index is 0.130. The maximum Gasteiger partial charge on any atom is 0.226 e. The Morgan fingerprint density at radius 2 is 2.24 bits per heavy atom. The summed E-state index contributed by atoms with van der Waals surface area (Å²) in [7, 11) is 0. The zero-order valence-corrected chi connectivity index (χ0v) is 12.5. The normalized spacial score (nSPS) is 22.0. The molecule has 0 radical (unpaired) electrons. The predicted molar refractivity (Wildman–Crippen MR) is 77.9 cm³/mol. The van der Waals surface area contributed by atoms with E-state index in [1.165, 1.54) is 6.20 Å². The first-order valence-corrected chi connectivity index (χ1v) is 7.46. The van der Waals surface area contributed by atoms with Gasteiger partial charge in [0.05, 0.1) is 6.20 Å². The van der Waals surface area contributed by atoms with Gasteiger partial charge in [0.25, 0.3) is 0 Å². The van der Waals surface area contributed by atoms with Gasteiger partial charge in [0.15, 0.2) is 5.15 Å². The highest BCUT2D eigenvalue weighted by atomic mass is 35.5. The molecule has 1 aromatic rings. The van der Waals surface area contributed by atoms with E-state index in [1.807, 2.05) is 22.8 Å². The van der Waals surface area contributed by atoms with Crippen LogP contribution in [0.1, 0.15) is 25.3 Å². The summed E-state index contributed by atoms with van der Waals surface area (Å²) in [5, 5.41) is 9.02. The molecule has 1 aliphatic heterocycles. The third-order valence-corrected chi connectivity index (χ3v) is 4.26. The summed E-state index contributed by atoms with van der Waals surface area (Å²) in [5.41, 5.74) is 0.274. The van der Waals surface area contributed by atoms with E-state index in [1.54, 1.807) is 0 Å². The van der Waals surface area contributed by atoms with E-state index >= 15 is 0 Å². The van der Waals surface area contributed by atoms with E-state index in [0.29, 0.717) is 25.6 Å². The largest absolute Gasteiger partial charge is 0.337 e. The maximum absolute atomic E-state index is 12.2. The van der Waals surface area contributed by atoms with Gasteiger partial charge in [-0.15, -0.1) is 0 Å². The standard InChI is InChI=1S/C14H16ClN5O/c1-9-8-19(4-5-20(9)13(21)10-2-3-10)14-17-7-11(6-16)12(15)18-14/h7,9-10H,2-5,8H2,1H3. The lowest BCUT2D eigenvalue weighted by molar-refractivity contribution is -0.134. The van der Waals surface area contributed by atoms with Gasteiger partial charge in [-0.05, 0) is 19.8 Å². The van der Waals surface area contributed by atoms with Crippen LogP contribution in [0.4, 0.5) is 5.95 Å². The Balaban J connectivity index is 1.70. The second-order valence-corrected chi connectivity index (χ2v) is 5.95. The van der Waals surface area contributed by atoms with Crippen LogP contribution in [0.2, 0.25) is 5.15 Å². The molecule has 6 nitrogen and oxygen atoms in total. The summed E-state index contributed by atoms with van der Waals surface area (Å²) >= 11 is 5.95. The highest BCUT2D eigenvalue weighted by Gasteiger charge is 2.37. The fourth-order valence-electron chi connectivity index (χ4n) is 2.61. The van der Waals surface area contributed by atoms with Gasteiger partial charge in [0.2, 0.25) is 11.9 Å². The minimum atomic E-state index is 0.130. The van der Waals surface area contributed by atoms with Gasteiger partial charge >= 0.3 is 0 Å². The second-order valence-electron chi connectivity index (χ2n) is 5.59. The molecule has 21 heavy (non-hydrogen) atoms. The molecule has 110 valence electrons. The molecule has 2 heterocycles. The number of hydrogen-bond acceptors (Lipinski definition) is 5. The molecule has 1 aliphatic carbocycles. The van der Waals surface area contributed by atoms with Crippen LogP contribution in [0.25, 0.3) is 0 Å². The Hall–Kier alpha value is -1.87. The molecule has 2 aliphatic rings. The number of carbonyl (C=O) groups is 1. The van der Waals surface area contributed by atoms with Gasteiger partial charge in [-0.3, -0.25) is 4.79 Å². The number of amides is 1. The maximum atomic E-state index is 12.2. The molecule has 1 aromatic heterocycles. The highest BCUT2D eigenvalue weighted by molar-refractivity contribution is 6.30. The van der Waals surface area contributed by atoms with Crippen molar-refractivity contribution in [3.05, 3.63) is 16.9 Å². The van der Waals surface area contributed by atoms with Gasteiger partial charge in [-0.2, -0.15) is 10.2 Å². The summed E-state index contributed by atoms with van der Waals surface area (Å²) in [5.74, 6) is 1.05. The van der Waals surface area contributed by atoms with E-state index in [-0.39, 0.29) is 28.6 Å². The van der Waals surface area contributed by atoms with Crippen molar-refractivity contribution >= 4 is 23.5 Å². The van der Waals surface area contributed by atoms with E-state index in [0.717, 1.165) is 12.8 Å². The number of aromatic nitrogens is 2. The van der Waals surface area contributed by atoms with E-state index < -0.39 is 0 Å². The Kier molecular flexibility index (Phi) is 3.68. The van der Waals surface area contributed by atoms with Crippen molar-refractivity contribution in [1.29, 1.82) is 5.26 Å². The first-order valence-electron chi connectivity index (χ1n) is 7.08. The van der Waals surface area contributed by atoms with Crippen LogP contribution in [0.3, 0.4) is 0 Å². The lowest BCUT2D eigenvalue weighted by atomic mass is 10.1. The number of nitriles is 1. The molecule has 1 saturated heterocycles. The molecular weight excluding hydrogens is 290 g/mol. The van der Waals surface area contributed by atoms with Crippen LogP contribution < -0.4 is 4.90 Å². The summed E-state index contributed by atoms with van der Waals surface area (Å²) < 4.78 is 0. The van der Waals surface area contributed by atoms with E-state index in [9.17, 15) is 4.79 Å². The molecule has 0 N–H and O–H groups in total. The summed E-state index contributed by atoms with van der Waals surface area (Å²) in [6, 6.07) is 2.08. The Bertz CT molecular complexity index is 610. The number of carbonyl (C=O) groups excluding carboxylic acids is 1. The molecular formula is C14H16ClN5O. The molecule has 0 bridgehead atoms. The van der Waals surface area contributed by atoms with Crippen LogP contribution >= 0.6 is 11.6 Å². The average molecular weight is 306 g/mol. The van der Waals surface area contributed by atoms with Gasteiger partial charge in [-0.1, -0.05) is 11.6 Å². The molecule has 7 heteroatoms. The Labute approximate surface area is 128 Å². The molecule has 1 amide bonds. The monoisotopic (exact) mass is 305 g/mol.